The molecule has 0 bridgehead atoms. The molecule has 3 rings (SSSR count). The smallest absolute Gasteiger partial charge is 0.152 e. The Morgan fingerprint density at radius 1 is 1.30 bits per heavy atom. The number of carbonyl (C=O) groups excluding carboxylic acids is 1. The van der Waals surface area contributed by atoms with Crippen molar-refractivity contribution in [3.63, 3.8) is 0 Å². The van der Waals surface area contributed by atoms with Crippen LogP contribution in [-0.2, 0) is 13.1 Å². The lowest BCUT2D eigenvalue weighted by atomic mass is 10.1. The lowest BCUT2D eigenvalue weighted by molar-refractivity contribution is 0.112. The van der Waals surface area contributed by atoms with Crippen LogP contribution in [0.5, 0.6) is 0 Å². The van der Waals surface area contributed by atoms with Crippen molar-refractivity contribution >= 4 is 17.2 Å². The Labute approximate surface area is 116 Å². The van der Waals surface area contributed by atoms with Crippen LogP contribution < -0.4 is 0 Å². The third kappa shape index (κ3) is 2.11. The van der Waals surface area contributed by atoms with Crippen molar-refractivity contribution < 1.29 is 4.79 Å². The van der Waals surface area contributed by atoms with Gasteiger partial charge in [0.15, 0.2) is 6.29 Å². The Kier molecular flexibility index (Phi) is 3.33. The fraction of sp³-hybridized carbons (Fsp3) is 0.267. The van der Waals surface area contributed by atoms with Gasteiger partial charge in [-0.1, -0.05) is 19.1 Å². The van der Waals surface area contributed by atoms with Crippen LogP contribution in [0, 0.1) is 0 Å². The number of rotatable bonds is 5. The van der Waals surface area contributed by atoms with Gasteiger partial charge in [-0.05, 0) is 18.6 Å². The quantitative estimate of drug-likeness (QED) is 0.668. The predicted octanol–water partition coefficient (Wildman–Crippen LogP) is 2.50. The highest BCUT2D eigenvalue weighted by Crippen LogP contribution is 2.20. The first-order valence-corrected chi connectivity index (χ1v) is 6.73. The highest BCUT2D eigenvalue weighted by molar-refractivity contribution is 5.96. The van der Waals surface area contributed by atoms with Gasteiger partial charge in [0.2, 0.25) is 0 Å². The topological polar surface area (TPSA) is 52.7 Å². The first kappa shape index (κ1) is 12.6. The van der Waals surface area contributed by atoms with Gasteiger partial charge in [0.05, 0.1) is 12.1 Å². The SMILES string of the molecule is CCCn1ncnc1Cn1ccc2cccc(C=O)c21. The number of aromatic nitrogens is 4. The minimum atomic E-state index is 0.619. The Morgan fingerprint density at radius 2 is 2.20 bits per heavy atom. The van der Waals surface area contributed by atoms with E-state index in [4.69, 9.17) is 0 Å². The maximum atomic E-state index is 11.2. The predicted molar refractivity (Wildman–Crippen MR) is 76.7 cm³/mol. The molecule has 0 aliphatic heterocycles. The van der Waals surface area contributed by atoms with E-state index in [9.17, 15) is 4.79 Å². The Balaban J connectivity index is 2.02. The normalized spacial score (nSPS) is 11.1. The Morgan fingerprint density at radius 3 is 3.00 bits per heavy atom. The van der Waals surface area contributed by atoms with Gasteiger partial charge in [0.1, 0.15) is 12.2 Å². The van der Waals surface area contributed by atoms with Gasteiger partial charge in [0.25, 0.3) is 0 Å². The molecule has 0 aliphatic carbocycles. The number of hydrogen-bond acceptors (Lipinski definition) is 3. The number of carbonyl (C=O) groups is 1. The molecule has 2 heterocycles. The number of hydrogen-bond donors (Lipinski definition) is 0. The minimum absolute atomic E-state index is 0.619. The Bertz CT molecular complexity index is 741. The van der Waals surface area contributed by atoms with Crippen LogP contribution in [-0.4, -0.2) is 25.6 Å². The van der Waals surface area contributed by atoms with Crippen LogP contribution in [0.15, 0.2) is 36.8 Å². The third-order valence-electron chi connectivity index (χ3n) is 3.39. The molecule has 0 aliphatic rings. The summed E-state index contributed by atoms with van der Waals surface area (Å²) in [6, 6.07) is 7.76. The Hall–Kier alpha value is -2.43. The maximum Gasteiger partial charge on any atom is 0.152 e. The molecule has 0 saturated carbocycles. The van der Waals surface area contributed by atoms with Crippen LogP contribution in [0.4, 0.5) is 0 Å². The molecule has 0 radical (unpaired) electrons. The number of benzene rings is 1. The van der Waals surface area contributed by atoms with Gasteiger partial charge >= 0.3 is 0 Å². The van der Waals surface area contributed by atoms with Crippen molar-refractivity contribution in [2.75, 3.05) is 0 Å². The van der Waals surface area contributed by atoms with Gasteiger partial charge in [-0.25, -0.2) is 9.67 Å². The number of aryl methyl sites for hydroxylation is 1. The molecule has 1 aromatic carbocycles. The molecule has 0 atom stereocenters. The standard InChI is InChI=1S/C15H16N4O/c1-2-7-19-14(16-11-17-19)9-18-8-6-12-4-3-5-13(10-20)15(12)18/h3-6,8,10-11H,2,7,9H2,1H3. The average molecular weight is 268 g/mol. The third-order valence-corrected chi connectivity index (χ3v) is 3.39. The summed E-state index contributed by atoms with van der Waals surface area (Å²) in [5.41, 5.74) is 1.66. The summed E-state index contributed by atoms with van der Waals surface area (Å²) in [4.78, 5) is 15.5. The number of para-hydroxylation sites is 1. The van der Waals surface area contributed by atoms with E-state index in [0.29, 0.717) is 12.1 Å². The van der Waals surface area contributed by atoms with Crippen LogP contribution in [0.1, 0.15) is 29.5 Å². The van der Waals surface area contributed by atoms with Gasteiger partial charge in [0, 0.05) is 23.7 Å². The first-order valence-electron chi connectivity index (χ1n) is 6.73. The zero-order valence-corrected chi connectivity index (χ0v) is 11.4. The molecular formula is C15H16N4O. The summed E-state index contributed by atoms with van der Waals surface area (Å²) >= 11 is 0. The zero-order valence-electron chi connectivity index (χ0n) is 11.4. The molecule has 0 unspecified atom stereocenters. The van der Waals surface area contributed by atoms with E-state index in [1.54, 1.807) is 6.33 Å². The van der Waals surface area contributed by atoms with Crippen molar-refractivity contribution in [3.05, 3.63) is 48.2 Å². The first-order chi connectivity index (χ1) is 9.83. The number of fused-ring (bicyclic) bond motifs is 1. The second-order valence-corrected chi connectivity index (χ2v) is 4.75. The van der Waals surface area contributed by atoms with Gasteiger partial charge in [-0.2, -0.15) is 5.10 Å². The van der Waals surface area contributed by atoms with E-state index in [2.05, 4.69) is 21.6 Å². The van der Waals surface area contributed by atoms with Crippen LogP contribution >= 0.6 is 0 Å². The number of aldehydes is 1. The van der Waals surface area contributed by atoms with Crippen molar-refractivity contribution in [2.24, 2.45) is 0 Å². The molecule has 20 heavy (non-hydrogen) atoms. The molecule has 5 nitrogen and oxygen atoms in total. The summed E-state index contributed by atoms with van der Waals surface area (Å²) in [5, 5.41) is 5.30. The summed E-state index contributed by atoms with van der Waals surface area (Å²) in [5.74, 6) is 0.907. The van der Waals surface area contributed by atoms with E-state index in [0.717, 1.165) is 36.0 Å². The van der Waals surface area contributed by atoms with Crippen molar-refractivity contribution in [3.8, 4) is 0 Å². The summed E-state index contributed by atoms with van der Waals surface area (Å²) < 4.78 is 3.96. The highest BCUT2D eigenvalue weighted by atomic mass is 16.1. The minimum Gasteiger partial charge on any atom is -0.339 e. The molecule has 2 aromatic heterocycles. The van der Waals surface area contributed by atoms with Crippen LogP contribution in [0.3, 0.4) is 0 Å². The van der Waals surface area contributed by atoms with Gasteiger partial charge in [-0.3, -0.25) is 4.79 Å². The van der Waals surface area contributed by atoms with E-state index in [-0.39, 0.29) is 0 Å². The molecule has 0 spiro atoms. The summed E-state index contributed by atoms with van der Waals surface area (Å²) in [6.07, 6.45) is 5.48. The van der Waals surface area contributed by atoms with Crippen molar-refractivity contribution in [2.45, 2.75) is 26.4 Å². The van der Waals surface area contributed by atoms with Gasteiger partial charge in [-0.15, -0.1) is 0 Å². The molecule has 3 aromatic rings. The molecule has 0 amide bonds. The second kappa shape index (κ2) is 5.28. The fourth-order valence-electron chi connectivity index (χ4n) is 2.48. The molecular weight excluding hydrogens is 252 g/mol. The van der Waals surface area contributed by atoms with E-state index < -0.39 is 0 Å². The van der Waals surface area contributed by atoms with Crippen LogP contribution in [0.25, 0.3) is 10.9 Å². The highest BCUT2D eigenvalue weighted by Gasteiger charge is 2.09. The maximum absolute atomic E-state index is 11.2. The molecule has 0 N–H and O–H groups in total. The summed E-state index contributed by atoms with van der Waals surface area (Å²) in [6.45, 7) is 3.59. The molecule has 0 fully saturated rings. The summed E-state index contributed by atoms with van der Waals surface area (Å²) in [7, 11) is 0. The largest absolute Gasteiger partial charge is 0.339 e. The van der Waals surface area contributed by atoms with Crippen LogP contribution in [0.2, 0.25) is 0 Å². The second-order valence-electron chi connectivity index (χ2n) is 4.75. The van der Waals surface area contributed by atoms with Crippen molar-refractivity contribution in [1.82, 2.24) is 19.3 Å². The molecule has 5 heteroatoms. The number of nitrogens with zero attached hydrogens (tertiary/aromatic N) is 4. The lowest BCUT2D eigenvalue weighted by Crippen LogP contribution is -2.10. The van der Waals surface area contributed by atoms with E-state index in [1.807, 2.05) is 35.1 Å². The molecule has 102 valence electrons. The molecule has 0 saturated heterocycles. The fourth-order valence-corrected chi connectivity index (χ4v) is 2.48. The van der Waals surface area contributed by atoms with E-state index in [1.165, 1.54) is 0 Å². The average Bonchev–Trinajstić information content (AvgIpc) is 3.07. The lowest BCUT2D eigenvalue weighted by Gasteiger charge is -2.08. The van der Waals surface area contributed by atoms with Crippen molar-refractivity contribution in [1.29, 1.82) is 0 Å². The monoisotopic (exact) mass is 268 g/mol. The van der Waals surface area contributed by atoms with Gasteiger partial charge < -0.3 is 4.57 Å². The van der Waals surface area contributed by atoms with E-state index >= 15 is 0 Å². The zero-order chi connectivity index (χ0) is 13.9.